The van der Waals surface area contributed by atoms with Gasteiger partial charge in [0.25, 0.3) is 0 Å². The van der Waals surface area contributed by atoms with E-state index in [9.17, 15) is 0 Å². The standard InChI is InChI=1S/C45H43N3O.C2H6/c1-5-18-34(48(35-22-12-9-13-23-35)41-26-17-16-25-38(41)45(4,6-2)7-3)24-15-14-19-32-27-29-39-37(31-32)36-28-30-40-43(42(36)46-39)49-44(47-40)33-20-10-8-11-21-33;1-2/h5,8-13,15-18,20-31,46H,1,6-7,14,19H2,2-4H3;1-2H3/b24-15-,34-18+;. The third-order valence-corrected chi connectivity index (χ3v) is 10.0. The molecule has 7 aromatic rings. The van der Waals surface area contributed by atoms with Gasteiger partial charge < -0.3 is 14.3 Å². The van der Waals surface area contributed by atoms with Crippen LogP contribution in [-0.4, -0.2) is 9.97 Å². The number of anilines is 2. The summed E-state index contributed by atoms with van der Waals surface area (Å²) in [6.45, 7) is 15.0. The quantitative estimate of drug-likeness (QED) is 0.132. The molecule has 1 N–H and O–H groups in total. The molecule has 0 saturated carbocycles. The number of rotatable bonds is 12. The van der Waals surface area contributed by atoms with E-state index in [4.69, 9.17) is 9.40 Å². The van der Waals surface area contributed by atoms with Crippen LogP contribution in [0, 0.1) is 0 Å². The van der Waals surface area contributed by atoms with E-state index in [0.717, 1.165) is 70.2 Å². The number of oxazole rings is 1. The number of hydrogen-bond donors (Lipinski definition) is 1. The third-order valence-electron chi connectivity index (χ3n) is 10.0. The lowest BCUT2D eigenvalue weighted by atomic mass is 9.76. The summed E-state index contributed by atoms with van der Waals surface area (Å²) in [6, 6.07) is 40.5. The lowest BCUT2D eigenvalue weighted by molar-refractivity contribution is 0.439. The monoisotopic (exact) mass is 671 g/mol. The molecule has 7 rings (SSSR count). The number of para-hydroxylation sites is 2. The van der Waals surface area contributed by atoms with Gasteiger partial charge in [-0.05, 0) is 109 Å². The summed E-state index contributed by atoms with van der Waals surface area (Å²) >= 11 is 0. The molecule has 4 nitrogen and oxygen atoms in total. The Labute approximate surface area is 302 Å². The Morgan fingerprint density at radius 3 is 2.27 bits per heavy atom. The average molecular weight is 672 g/mol. The first kappa shape index (κ1) is 35.2. The molecule has 258 valence electrons. The van der Waals surface area contributed by atoms with E-state index in [0.29, 0.717) is 5.89 Å². The van der Waals surface area contributed by atoms with Gasteiger partial charge in [-0.2, -0.15) is 0 Å². The van der Waals surface area contributed by atoms with Crippen molar-refractivity contribution in [3.05, 3.63) is 163 Å². The summed E-state index contributed by atoms with van der Waals surface area (Å²) in [6.07, 6.45) is 12.5. The highest BCUT2D eigenvalue weighted by atomic mass is 16.3. The van der Waals surface area contributed by atoms with Crippen molar-refractivity contribution < 1.29 is 4.42 Å². The second kappa shape index (κ2) is 15.9. The zero-order chi connectivity index (χ0) is 35.8. The summed E-state index contributed by atoms with van der Waals surface area (Å²) in [5, 5.41) is 2.35. The third kappa shape index (κ3) is 7.18. The Kier molecular flexibility index (Phi) is 11.0. The number of benzene rings is 5. The summed E-state index contributed by atoms with van der Waals surface area (Å²) in [7, 11) is 0. The highest BCUT2D eigenvalue weighted by Gasteiger charge is 2.28. The molecule has 51 heavy (non-hydrogen) atoms. The SMILES string of the molecule is C=C/C=C(\C=C/CCc1ccc2[nH]c3c(ccc4nc(-c5ccccc5)oc43)c2c1)N(c1ccccc1)c1ccccc1C(C)(CC)CC.CC. The van der Waals surface area contributed by atoms with Crippen molar-refractivity contribution in [3.63, 3.8) is 0 Å². The number of aromatic nitrogens is 2. The Morgan fingerprint density at radius 1 is 0.843 bits per heavy atom. The topological polar surface area (TPSA) is 45.1 Å². The van der Waals surface area contributed by atoms with E-state index in [1.54, 1.807) is 0 Å². The minimum Gasteiger partial charge on any atom is -0.434 e. The van der Waals surface area contributed by atoms with E-state index >= 15 is 0 Å². The fourth-order valence-electron chi connectivity index (χ4n) is 6.85. The van der Waals surface area contributed by atoms with Crippen LogP contribution in [0.15, 0.2) is 156 Å². The van der Waals surface area contributed by atoms with E-state index in [2.05, 4.69) is 140 Å². The van der Waals surface area contributed by atoms with Crippen LogP contribution in [0.3, 0.4) is 0 Å². The molecule has 0 fully saturated rings. The number of nitrogens with one attached hydrogen (secondary N) is 1. The van der Waals surface area contributed by atoms with E-state index in [-0.39, 0.29) is 5.41 Å². The molecular formula is C47H49N3O. The molecule has 0 atom stereocenters. The minimum atomic E-state index is 0.0665. The van der Waals surface area contributed by atoms with Crippen molar-refractivity contribution in [1.29, 1.82) is 0 Å². The van der Waals surface area contributed by atoms with E-state index in [1.165, 1.54) is 22.2 Å². The number of allylic oxidation sites excluding steroid dienone is 4. The summed E-state index contributed by atoms with van der Waals surface area (Å²) in [4.78, 5) is 10.7. The molecule has 0 aliphatic carbocycles. The first-order chi connectivity index (χ1) is 25.0. The van der Waals surface area contributed by atoms with Gasteiger partial charge in [-0.3, -0.25) is 0 Å². The molecule has 0 aliphatic rings. The molecule has 0 aliphatic heterocycles. The highest BCUT2D eigenvalue weighted by Crippen LogP contribution is 2.42. The zero-order valence-corrected chi connectivity index (χ0v) is 30.6. The lowest BCUT2D eigenvalue weighted by Crippen LogP contribution is -2.25. The van der Waals surface area contributed by atoms with Crippen molar-refractivity contribution >= 4 is 44.3 Å². The van der Waals surface area contributed by atoms with Gasteiger partial charge in [-0.25, -0.2) is 4.98 Å². The molecule has 5 aromatic carbocycles. The molecule has 2 heterocycles. The summed E-state index contributed by atoms with van der Waals surface area (Å²) < 4.78 is 6.30. The van der Waals surface area contributed by atoms with Crippen LogP contribution in [0.1, 0.15) is 65.0 Å². The summed E-state index contributed by atoms with van der Waals surface area (Å²) in [5.41, 5.74) is 10.8. The second-order valence-corrected chi connectivity index (χ2v) is 13.0. The Morgan fingerprint density at radius 2 is 1.55 bits per heavy atom. The van der Waals surface area contributed by atoms with Crippen molar-refractivity contribution in [3.8, 4) is 11.5 Å². The average Bonchev–Trinajstić information content (AvgIpc) is 3.80. The second-order valence-electron chi connectivity index (χ2n) is 13.0. The van der Waals surface area contributed by atoms with Crippen molar-refractivity contribution in [1.82, 2.24) is 9.97 Å². The summed E-state index contributed by atoms with van der Waals surface area (Å²) in [5.74, 6) is 0.637. The molecule has 0 bridgehead atoms. The smallest absolute Gasteiger partial charge is 0.227 e. The van der Waals surface area contributed by atoms with Gasteiger partial charge >= 0.3 is 0 Å². The number of hydrogen-bond acceptors (Lipinski definition) is 3. The van der Waals surface area contributed by atoms with Crippen LogP contribution < -0.4 is 4.90 Å². The molecule has 0 unspecified atom stereocenters. The maximum Gasteiger partial charge on any atom is 0.227 e. The van der Waals surface area contributed by atoms with Gasteiger partial charge in [0.2, 0.25) is 5.89 Å². The fourth-order valence-corrected chi connectivity index (χ4v) is 6.85. The number of H-pyrrole nitrogens is 1. The maximum absolute atomic E-state index is 6.30. The predicted octanol–water partition coefficient (Wildman–Crippen LogP) is 13.6. The van der Waals surface area contributed by atoms with Gasteiger partial charge in [0, 0.05) is 38.9 Å². The lowest BCUT2D eigenvalue weighted by Gasteiger charge is -2.35. The predicted molar refractivity (Wildman–Crippen MR) is 219 cm³/mol. The van der Waals surface area contributed by atoms with E-state index < -0.39 is 0 Å². The van der Waals surface area contributed by atoms with E-state index in [1.807, 2.05) is 50.3 Å². The van der Waals surface area contributed by atoms with Crippen LogP contribution in [0.2, 0.25) is 0 Å². The number of nitrogens with zero attached hydrogens (tertiary/aromatic N) is 2. The van der Waals surface area contributed by atoms with Gasteiger partial charge in [0.1, 0.15) is 5.52 Å². The molecule has 4 heteroatoms. The molecule has 0 amide bonds. The van der Waals surface area contributed by atoms with Crippen LogP contribution in [-0.2, 0) is 11.8 Å². The van der Waals surface area contributed by atoms with Crippen molar-refractivity contribution in [2.24, 2.45) is 0 Å². The largest absolute Gasteiger partial charge is 0.434 e. The Bertz CT molecular complexity index is 2280. The molecule has 0 saturated heterocycles. The minimum absolute atomic E-state index is 0.0665. The van der Waals surface area contributed by atoms with Crippen molar-refractivity contribution in [2.45, 2.75) is 65.7 Å². The number of fused-ring (bicyclic) bond motifs is 5. The first-order valence-electron chi connectivity index (χ1n) is 18.4. The van der Waals surface area contributed by atoms with Gasteiger partial charge in [0.15, 0.2) is 5.58 Å². The van der Waals surface area contributed by atoms with Gasteiger partial charge in [-0.1, -0.05) is 114 Å². The zero-order valence-electron chi connectivity index (χ0n) is 30.6. The first-order valence-corrected chi connectivity index (χ1v) is 18.4. The normalized spacial score (nSPS) is 12.1. The van der Waals surface area contributed by atoms with Gasteiger partial charge in [0.05, 0.1) is 5.52 Å². The van der Waals surface area contributed by atoms with Crippen molar-refractivity contribution in [2.75, 3.05) is 4.90 Å². The molecule has 0 spiro atoms. The van der Waals surface area contributed by atoms with Crippen LogP contribution in [0.5, 0.6) is 0 Å². The van der Waals surface area contributed by atoms with Gasteiger partial charge in [-0.15, -0.1) is 0 Å². The number of aryl methyl sites for hydroxylation is 1. The van der Waals surface area contributed by atoms with Crippen LogP contribution in [0.4, 0.5) is 11.4 Å². The molecule has 0 radical (unpaired) electrons. The van der Waals surface area contributed by atoms with Crippen LogP contribution in [0.25, 0.3) is 44.4 Å². The molecular weight excluding hydrogens is 623 g/mol. The van der Waals surface area contributed by atoms with Crippen LogP contribution >= 0.6 is 0 Å². The molecule has 2 aromatic heterocycles. The highest BCUT2D eigenvalue weighted by molar-refractivity contribution is 6.15. The Balaban J connectivity index is 0.00000220. The Hall–Kier alpha value is -5.61. The fraction of sp³-hybridized carbons (Fsp3) is 0.213. The maximum atomic E-state index is 6.30. The number of aromatic amines is 1.